The number of fused-ring (bicyclic) bond motifs is 2. The van der Waals surface area contributed by atoms with Gasteiger partial charge in [-0.05, 0) is 30.4 Å². The summed E-state index contributed by atoms with van der Waals surface area (Å²) in [6, 6.07) is 8.65. The van der Waals surface area contributed by atoms with Crippen molar-refractivity contribution in [1.82, 2.24) is 0 Å². The average Bonchev–Trinajstić information content (AvgIpc) is 2.86. The van der Waals surface area contributed by atoms with Gasteiger partial charge in [0, 0.05) is 16.1 Å². The zero-order valence-electron chi connectivity index (χ0n) is 8.62. The van der Waals surface area contributed by atoms with Gasteiger partial charge in [-0.25, -0.2) is 0 Å². The van der Waals surface area contributed by atoms with Gasteiger partial charge >= 0.3 is 0 Å². The Hall–Kier alpha value is -0.380. The highest BCUT2D eigenvalue weighted by atomic mass is 127. The molecule has 0 bridgehead atoms. The minimum atomic E-state index is 0.289. The molecule has 0 aromatic heterocycles. The van der Waals surface area contributed by atoms with Crippen LogP contribution in [0, 0.1) is 5.92 Å². The molecule has 1 aromatic rings. The summed E-state index contributed by atoms with van der Waals surface area (Å²) in [6.07, 6.45) is 6.24. The third kappa shape index (κ3) is 1.30. The number of para-hydroxylation sites is 1. The molecule has 0 radical (unpaired) electrons. The van der Waals surface area contributed by atoms with E-state index in [4.69, 9.17) is 0 Å². The second-order valence-corrected chi connectivity index (χ2v) is 5.44. The van der Waals surface area contributed by atoms with Gasteiger partial charge in [-0.15, -0.1) is 0 Å². The van der Waals surface area contributed by atoms with Crippen molar-refractivity contribution >= 4 is 34.5 Å². The van der Waals surface area contributed by atoms with Crippen molar-refractivity contribution in [3.05, 3.63) is 29.8 Å². The van der Waals surface area contributed by atoms with E-state index in [0.717, 1.165) is 5.92 Å². The molecule has 1 spiro atoms. The molecule has 78 valence electrons. The largest absolute Gasteiger partial charge is 0.260 e. The van der Waals surface area contributed by atoms with Crippen LogP contribution in [0.5, 0.6) is 0 Å². The quantitative estimate of drug-likeness (QED) is 0.551. The van der Waals surface area contributed by atoms with Gasteiger partial charge in [-0.2, -0.15) is 0 Å². The van der Waals surface area contributed by atoms with Crippen LogP contribution in [0.4, 0.5) is 5.69 Å². The lowest BCUT2D eigenvalue weighted by Crippen LogP contribution is -2.31. The lowest BCUT2D eigenvalue weighted by atomic mass is 9.75. The fourth-order valence-corrected chi connectivity index (χ4v) is 4.30. The fraction of sp³-hybridized carbons (Fsp3) is 0.462. The van der Waals surface area contributed by atoms with Crippen LogP contribution < -0.4 is 0 Å². The number of nitrogens with zero attached hydrogens (tertiary/aromatic N) is 1. The number of aliphatic imine (C=N–C) groups is 1. The molecule has 0 N–H and O–H groups in total. The Bertz CT molecular complexity index is 413. The highest BCUT2D eigenvalue weighted by molar-refractivity contribution is 14.1. The third-order valence-electron chi connectivity index (χ3n) is 3.90. The van der Waals surface area contributed by atoms with Crippen molar-refractivity contribution in [2.24, 2.45) is 10.9 Å². The molecule has 1 aliphatic carbocycles. The summed E-state index contributed by atoms with van der Waals surface area (Å²) in [4.78, 5) is 4.60. The van der Waals surface area contributed by atoms with Crippen molar-refractivity contribution in [3.8, 4) is 0 Å². The highest BCUT2D eigenvalue weighted by Gasteiger charge is 2.45. The van der Waals surface area contributed by atoms with E-state index in [1.807, 2.05) is 0 Å². The summed E-state index contributed by atoms with van der Waals surface area (Å²) in [6.45, 7) is 0. The first-order valence-electron chi connectivity index (χ1n) is 5.57. The molecule has 2 heteroatoms. The molecule has 0 saturated heterocycles. The molecule has 2 unspecified atom stereocenters. The van der Waals surface area contributed by atoms with Gasteiger partial charge in [-0.1, -0.05) is 47.2 Å². The Labute approximate surface area is 104 Å². The van der Waals surface area contributed by atoms with Gasteiger partial charge < -0.3 is 0 Å². The minimum absolute atomic E-state index is 0.289. The van der Waals surface area contributed by atoms with Crippen molar-refractivity contribution in [2.45, 2.75) is 24.7 Å². The SMILES string of the molecule is ICC1CCCC12C=Nc1ccccc12. The molecule has 3 rings (SSSR count). The van der Waals surface area contributed by atoms with Gasteiger partial charge in [0.25, 0.3) is 0 Å². The maximum absolute atomic E-state index is 4.60. The second-order valence-electron chi connectivity index (χ2n) is 4.56. The number of hydrogen-bond acceptors (Lipinski definition) is 1. The third-order valence-corrected chi connectivity index (χ3v) is 4.96. The van der Waals surface area contributed by atoms with Crippen LogP contribution in [0.2, 0.25) is 0 Å². The summed E-state index contributed by atoms with van der Waals surface area (Å²) in [5.74, 6) is 0.797. The van der Waals surface area contributed by atoms with Crippen LogP contribution in [0.3, 0.4) is 0 Å². The Morgan fingerprint density at radius 3 is 3.13 bits per heavy atom. The maximum atomic E-state index is 4.60. The average molecular weight is 311 g/mol. The molecule has 2 atom stereocenters. The zero-order chi connectivity index (χ0) is 10.3. The number of hydrogen-bond donors (Lipinski definition) is 0. The summed E-state index contributed by atoms with van der Waals surface area (Å²) in [7, 11) is 0. The molecule has 1 aliphatic heterocycles. The van der Waals surface area contributed by atoms with Gasteiger partial charge in [0.05, 0.1) is 5.69 Å². The van der Waals surface area contributed by atoms with E-state index in [0.29, 0.717) is 0 Å². The first-order chi connectivity index (χ1) is 7.37. The number of rotatable bonds is 1. The Balaban J connectivity index is 2.12. The summed E-state index contributed by atoms with van der Waals surface area (Å²) < 4.78 is 1.25. The molecular weight excluding hydrogens is 297 g/mol. The van der Waals surface area contributed by atoms with Crippen molar-refractivity contribution < 1.29 is 0 Å². The van der Waals surface area contributed by atoms with Gasteiger partial charge in [0.1, 0.15) is 0 Å². The maximum Gasteiger partial charge on any atom is 0.0667 e. The molecule has 1 nitrogen and oxygen atoms in total. The van der Waals surface area contributed by atoms with Crippen molar-refractivity contribution in [3.63, 3.8) is 0 Å². The first kappa shape index (κ1) is 9.82. The lowest BCUT2D eigenvalue weighted by Gasteiger charge is -2.28. The van der Waals surface area contributed by atoms with E-state index in [1.165, 1.54) is 34.9 Å². The van der Waals surface area contributed by atoms with E-state index >= 15 is 0 Å². The Morgan fingerprint density at radius 1 is 1.40 bits per heavy atom. The van der Waals surface area contributed by atoms with Gasteiger partial charge in [0.2, 0.25) is 0 Å². The Kier molecular flexibility index (Phi) is 2.34. The zero-order valence-corrected chi connectivity index (χ0v) is 10.8. The highest BCUT2D eigenvalue weighted by Crippen LogP contribution is 2.51. The van der Waals surface area contributed by atoms with Crippen molar-refractivity contribution in [1.29, 1.82) is 0 Å². The van der Waals surface area contributed by atoms with Crippen LogP contribution in [0.1, 0.15) is 24.8 Å². The molecule has 1 fully saturated rings. The topological polar surface area (TPSA) is 12.4 Å². The first-order valence-corrected chi connectivity index (χ1v) is 7.10. The van der Waals surface area contributed by atoms with E-state index in [-0.39, 0.29) is 5.41 Å². The molecule has 15 heavy (non-hydrogen) atoms. The minimum Gasteiger partial charge on any atom is -0.260 e. The number of alkyl halides is 1. The predicted molar refractivity (Wildman–Crippen MR) is 72.5 cm³/mol. The second kappa shape index (κ2) is 3.58. The molecule has 1 saturated carbocycles. The van der Waals surface area contributed by atoms with E-state index < -0.39 is 0 Å². The predicted octanol–water partition coefficient (Wildman–Crippen LogP) is 3.88. The van der Waals surface area contributed by atoms with Crippen LogP contribution in [-0.4, -0.2) is 10.6 Å². The Morgan fingerprint density at radius 2 is 2.27 bits per heavy atom. The molecule has 2 aliphatic rings. The van der Waals surface area contributed by atoms with Crippen LogP contribution >= 0.6 is 22.6 Å². The molecule has 0 amide bonds. The van der Waals surface area contributed by atoms with Crippen LogP contribution in [0.25, 0.3) is 0 Å². The number of halogens is 1. The van der Waals surface area contributed by atoms with Crippen LogP contribution in [0.15, 0.2) is 29.3 Å². The van der Waals surface area contributed by atoms with E-state index in [2.05, 4.69) is 58.1 Å². The summed E-state index contributed by atoms with van der Waals surface area (Å²) in [5, 5.41) is 0. The molecular formula is C13H14IN. The van der Waals surface area contributed by atoms with E-state index in [9.17, 15) is 0 Å². The molecule has 1 heterocycles. The standard InChI is InChI=1S/C13H14IN/c14-8-10-4-3-7-13(10)9-15-12-6-2-1-5-11(12)13/h1-2,5-6,9-10H,3-4,7-8H2. The fourth-order valence-electron chi connectivity index (χ4n) is 3.08. The van der Waals surface area contributed by atoms with E-state index in [1.54, 1.807) is 0 Å². The van der Waals surface area contributed by atoms with Crippen molar-refractivity contribution in [2.75, 3.05) is 4.43 Å². The molecule has 1 aromatic carbocycles. The van der Waals surface area contributed by atoms with Crippen LogP contribution in [-0.2, 0) is 5.41 Å². The summed E-state index contributed by atoms with van der Waals surface area (Å²) >= 11 is 2.53. The normalized spacial score (nSPS) is 32.5. The number of benzene rings is 1. The van der Waals surface area contributed by atoms with Gasteiger partial charge in [-0.3, -0.25) is 4.99 Å². The lowest BCUT2D eigenvalue weighted by molar-refractivity contribution is 0.479. The monoisotopic (exact) mass is 311 g/mol. The summed E-state index contributed by atoms with van der Waals surface area (Å²) in [5.41, 5.74) is 2.97. The smallest absolute Gasteiger partial charge is 0.0667 e. The van der Waals surface area contributed by atoms with Gasteiger partial charge in [0.15, 0.2) is 0 Å².